The maximum Gasteiger partial charge on any atom is 0.329 e. The van der Waals surface area contributed by atoms with Crippen LogP contribution in [0.15, 0.2) is 28.8 Å². The predicted octanol–water partition coefficient (Wildman–Crippen LogP) is 2.75. The van der Waals surface area contributed by atoms with Crippen LogP contribution in [0.25, 0.3) is 11.4 Å². The smallest absolute Gasteiger partial charge is 0.329 e. The van der Waals surface area contributed by atoms with Gasteiger partial charge < -0.3 is 9.84 Å². The summed E-state index contributed by atoms with van der Waals surface area (Å²) in [5, 5.41) is 6.62. The number of alkyl halides is 2. The SMILES string of the molecule is Cc1ccccc1-c1noc(C(F)(F)C2CCNC2)n1. The molecule has 0 saturated carbocycles. The highest BCUT2D eigenvalue weighted by Gasteiger charge is 2.47. The molecule has 1 atom stereocenters. The number of nitrogens with one attached hydrogen (secondary N) is 1. The first-order valence-corrected chi connectivity index (χ1v) is 6.58. The topological polar surface area (TPSA) is 51.0 Å². The lowest BCUT2D eigenvalue weighted by molar-refractivity contribution is -0.0837. The van der Waals surface area contributed by atoms with E-state index in [0.717, 1.165) is 5.56 Å². The summed E-state index contributed by atoms with van der Waals surface area (Å²) in [7, 11) is 0. The fourth-order valence-corrected chi connectivity index (χ4v) is 2.43. The highest BCUT2D eigenvalue weighted by molar-refractivity contribution is 5.59. The summed E-state index contributed by atoms with van der Waals surface area (Å²) in [6.45, 7) is 2.75. The minimum absolute atomic E-state index is 0.212. The Balaban J connectivity index is 1.92. The number of hydrogen-bond acceptors (Lipinski definition) is 4. The first kappa shape index (κ1) is 13.2. The first-order valence-electron chi connectivity index (χ1n) is 6.58. The molecule has 1 aromatic heterocycles. The zero-order chi connectivity index (χ0) is 14.2. The average Bonchev–Trinajstić information content (AvgIpc) is 3.11. The lowest BCUT2D eigenvalue weighted by atomic mass is 10.0. The fraction of sp³-hybridized carbons (Fsp3) is 0.429. The Morgan fingerprint density at radius 1 is 1.35 bits per heavy atom. The zero-order valence-electron chi connectivity index (χ0n) is 11.1. The van der Waals surface area contributed by atoms with Crippen molar-refractivity contribution in [1.82, 2.24) is 15.5 Å². The van der Waals surface area contributed by atoms with Gasteiger partial charge in [0.1, 0.15) is 0 Å². The Morgan fingerprint density at radius 3 is 2.85 bits per heavy atom. The van der Waals surface area contributed by atoms with Gasteiger partial charge in [-0.25, -0.2) is 0 Å². The van der Waals surface area contributed by atoms with Crippen molar-refractivity contribution in [3.63, 3.8) is 0 Å². The van der Waals surface area contributed by atoms with Crippen LogP contribution >= 0.6 is 0 Å². The van der Waals surface area contributed by atoms with Crippen molar-refractivity contribution >= 4 is 0 Å². The van der Waals surface area contributed by atoms with Crippen molar-refractivity contribution in [3.05, 3.63) is 35.7 Å². The summed E-state index contributed by atoms with van der Waals surface area (Å²) < 4.78 is 33.3. The van der Waals surface area contributed by atoms with Crippen molar-refractivity contribution in [3.8, 4) is 11.4 Å². The maximum atomic E-state index is 14.3. The zero-order valence-corrected chi connectivity index (χ0v) is 11.1. The Kier molecular flexibility index (Phi) is 3.25. The fourth-order valence-electron chi connectivity index (χ4n) is 2.43. The van der Waals surface area contributed by atoms with Crippen molar-refractivity contribution in [1.29, 1.82) is 0 Å². The third-order valence-corrected chi connectivity index (χ3v) is 3.67. The summed E-state index contributed by atoms with van der Waals surface area (Å²) >= 11 is 0. The van der Waals surface area contributed by atoms with Crippen molar-refractivity contribution in [2.45, 2.75) is 19.3 Å². The predicted molar refractivity (Wildman–Crippen MR) is 69.3 cm³/mol. The summed E-state index contributed by atoms with van der Waals surface area (Å²) in [6, 6.07) is 7.36. The Labute approximate surface area is 115 Å². The maximum absolute atomic E-state index is 14.3. The second-order valence-corrected chi connectivity index (χ2v) is 5.05. The molecule has 1 aliphatic rings. The Morgan fingerprint density at radius 2 is 2.15 bits per heavy atom. The minimum atomic E-state index is -3.09. The molecule has 1 saturated heterocycles. The van der Waals surface area contributed by atoms with Crippen LogP contribution < -0.4 is 5.32 Å². The minimum Gasteiger partial charge on any atom is -0.332 e. The molecule has 0 amide bonds. The molecule has 1 N–H and O–H groups in total. The molecule has 3 rings (SSSR count). The van der Waals surface area contributed by atoms with Gasteiger partial charge in [0.05, 0.1) is 0 Å². The largest absolute Gasteiger partial charge is 0.332 e. The van der Waals surface area contributed by atoms with Gasteiger partial charge in [0.2, 0.25) is 5.82 Å². The Hall–Kier alpha value is -1.82. The molecule has 2 aromatic rings. The lowest BCUT2D eigenvalue weighted by Gasteiger charge is -2.17. The van der Waals surface area contributed by atoms with E-state index in [2.05, 4.69) is 15.5 Å². The summed E-state index contributed by atoms with van der Waals surface area (Å²) in [4.78, 5) is 3.90. The van der Waals surface area contributed by atoms with Gasteiger partial charge in [-0.05, 0) is 25.5 Å². The molecule has 1 fully saturated rings. The van der Waals surface area contributed by atoms with Gasteiger partial charge >= 0.3 is 5.92 Å². The molecule has 0 aliphatic carbocycles. The van der Waals surface area contributed by atoms with Crippen LogP contribution in [0, 0.1) is 12.8 Å². The van der Waals surface area contributed by atoms with E-state index < -0.39 is 17.7 Å². The Bertz CT molecular complexity index is 606. The van der Waals surface area contributed by atoms with Crippen LogP contribution in [0.1, 0.15) is 17.9 Å². The van der Waals surface area contributed by atoms with Crippen molar-refractivity contribution < 1.29 is 13.3 Å². The van der Waals surface area contributed by atoms with Crippen LogP contribution in [0.5, 0.6) is 0 Å². The summed E-state index contributed by atoms with van der Waals surface area (Å²) in [5.74, 6) is -4.25. The summed E-state index contributed by atoms with van der Waals surface area (Å²) in [6.07, 6.45) is 0.412. The molecular weight excluding hydrogens is 264 g/mol. The van der Waals surface area contributed by atoms with E-state index in [-0.39, 0.29) is 12.4 Å². The van der Waals surface area contributed by atoms with Gasteiger partial charge in [0, 0.05) is 18.0 Å². The molecule has 1 unspecified atom stereocenters. The second kappa shape index (κ2) is 4.94. The molecule has 0 radical (unpaired) electrons. The first-order chi connectivity index (χ1) is 9.59. The number of aryl methyl sites for hydroxylation is 1. The lowest BCUT2D eigenvalue weighted by Crippen LogP contribution is -2.28. The third-order valence-electron chi connectivity index (χ3n) is 3.67. The number of halogens is 2. The second-order valence-electron chi connectivity index (χ2n) is 5.05. The molecule has 20 heavy (non-hydrogen) atoms. The number of hydrogen-bond donors (Lipinski definition) is 1. The van der Waals surface area contributed by atoms with Gasteiger partial charge in [-0.3, -0.25) is 0 Å². The molecule has 4 nitrogen and oxygen atoms in total. The van der Waals surface area contributed by atoms with Crippen molar-refractivity contribution in [2.75, 3.05) is 13.1 Å². The van der Waals surface area contributed by atoms with E-state index in [1.54, 1.807) is 6.07 Å². The van der Waals surface area contributed by atoms with E-state index in [9.17, 15) is 8.78 Å². The number of nitrogens with zero attached hydrogens (tertiary/aromatic N) is 2. The van der Waals surface area contributed by atoms with Gasteiger partial charge in [0.15, 0.2) is 0 Å². The highest BCUT2D eigenvalue weighted by Crippen LogP contribution is 2.38. The van der Waals surface area contributed by atoms with Gasteiger partial charge in [-0.2, -0.15) is 13.8 Å². The average molecular weight is 279 g/mol. The van der Waals surface area contributed by atoms with E-state index in [4.69, 9.17) is 4.52 Å². The van der Waals surface area contributed by atoms with E-state index in [1.165, 1.54) is 0 Å². The van der Waals surface area contributed by atoms with Gasteiger partial charge in [-0.1, -0.05) is 29.4 Å². The van der Waals surface area contributed by atoms with Crippen LogP contribution in [-0.4, -0.2) is 23.2 Å². The molecule has 1 aromatic carbocycles. The van der Waals surface area contributed by atoms with E-state index in [1.807, 2.05) is 25.1 Å². The van der Waals surface area contributed by atoms with Gasteiger partial charge in [0.25, 0.3) is 5.89 Å². The normalized spacial score (nSPS) is 19.4. The van der Waals surface area contributed by atoms with Crippen molar-refractivity contribution in [2.24, 2.45) is 5.92 Å². The van der Waals surface area contributed by atoms with E-state index in [0.29, 0.717) is 18.5 Å². The van der Waals surface area contributed by atoms with Crippen LogP contribution in [0.3, 0.4) is 0 Å². The molecule has 106 valence electrons. The number of benzene rings is 1. The number of aromatic nitrogens is 2. The molecule has 0 bridgehead atoms. The molecule has 6 heteroatoms. The number of rotatable bonds is 3. The van der Waals surface area contributed by atoms with E-state index >= 15 is 0 Å². The standard InChI is InChI=1S/C14H15F2N3O/c1-9-4-2-3-5-11(9)12-18-13(20-19-12)14(15,16)10-6-7-17-8-10/h2-5,10,17H,6-8H2,1H3. The molecular formula is C14H15F2N3O. The van der Waals surface area contributed by atoms with Crippen LogP contribution in [-0.2, 0) is 5.92 Å². The molecule has 1 aliphatic heterocycles. The third kappa shape index (κ3) is 2.20. The van der Waals surface area contributed by atoms with Crippen LogP contribution in [0.2, 0.25) is 0 Å². The molecule has 2 heterocycles. The quantitative estimate of drug-likeness (QED) is 0.938. The van der Waals surface area contributed by atoms with Crippen LogP contribution in [0.4, 0.5) is 8.78 Å². The van der Waals surface area contributed by atoms with Gasteiger partial charge in [-0.15, -0.1) is 0 Å². The molecule has 0 spiro atoms. The summed E-state index contributed by atoms with van der Waals surface area (Å²) in [5.41, 5.74) is 1.63. The highest BCUT2D eigenvalue weighted by atomic mass is 19.3. The monoisotopic (exact) mass is 279 g/mol.